The molecule has 1 aliphatic rings. The number of anilines is 1. The van der Waals surface area contributed by atoms with Crippen molar-refractivity contribution in [3.8, 4) is 0 Å². The molecule has 0 unspecified atom stereocenters. The molecule has 0 radical (unpaired) electrons. The molecule has 0 atom stereocenters. The Bertz CT molecular complexity index is 976. The molecule has 9 heteroatoms. The minimum absolute atomic E-state index is 0.0837. The Morgan fingerprint density at radius 1 is 1.06 bits per heavy atom. The van der Waals surface area contributed by atoms with Crippen molar-refractivity contribution in [1.82, 2.24) is 19.0 Å². The number of carbonyl (C=O) groups is 1. The topological polar surface area (TPSA) is 87.5 Å². The highest BCUT2D eigenvalue weighted by Gasteiger charge is 2.24. The molecule has 33 heavy (non-hydrogen) atoms. The Balaban J connectivity index is 1.48. The molecule has 1 amide bonds. The van der Waals surface area contributed by atoms with E-state index in [1.165, 1.54) is 0 Å². The van der Waals surface area contributed by atoms with Crippen molar-refractivity contribution in [3.05, 3.63) is 42.2 Å². The molecule has 0 spiro atoms. The molecule has 2 aromatic rings. The molecule has 1 fully saturated rings. The summed E-state index contributed by atoms with van der Waals surface area (Å²) in [5.41, 5.74) is 1.63. The van der Waals surface area contributed by atoms with Gasteiger partial charge in [0.2, 0.25) is 15.9 Å². The number of aryl methyl sites for hydroxylation is 1. The molecule has 8 nitrogen and oxygen atoms in total. The number of aromatic nitrogens is 2. The van der Waals surface area contributed by atoms with Crippen LogP contribution in [-0.4, -0.2) is 66.0 Å². The molecule has 182 valence electrons. The van der Waals surface area contributed by atoms with Crippen molar-refractivity contribution >= 4 is 21.6 Å². The SMILES string of the molecule is CCN(CC)CCn1cc(NC(=O)CCc2ccc(S(=O)(=O)N3CCCCCC3)cc2)cn1. The summed E-state index contributed by atoms with van der Waals surface area (Å²) in [7, 11) is -3.44. The number of hydrogen-bond acceptors (Lipinski definition) is 5. The van der Waals surface area contributed by atoms with Crippen molar-refractivity contribution < 1.29 is 13.2 Å². The number of nitrogens with one attached hydrogen (secondary N) is 1. The summed E-state index contributed by atoms with van der Waals surface area (Å²) in [6, 6.07) is 6.94. The van der Waals surface area contributed by atoms with E-state index in [1.54, 1.807) is 22.6 Å². The van der Waals surface area contributed by atoms with E-state index >= 15 is 0 Å². The molecule has 1 N–H and O–H groups in total. The van der Waals surface area contributed by atoms with E-state index in [0.29, 0.717) is 36.5 Å². The van der Waals surface area contributed by atoms with Crippen LogP contribution in [0.25, 0.3) is 0 Å². The summed E-state index contributed by atoms with van der Waals surface area (Å²) < 4.78 is 29.2. The van der Waals surface area contributed by atoms with Gasteiger partial charge in [0.25, 0.3) is 0 Å². The minimum atomic E-state index is -3.44. The number of rotatable bonds is 11. The lowest BCUT2D eigenvalue weighted by atomic mass is 10.1. The summed E-state index contributed by atoms with van der Waals surface area (Å²) in [5.74, 6) is -0.0837. The van der Waals surface area contributed by atoms with Crippen LogP contribution in [0.5, 0.6) is 0 Å². The zero-order chi connectivity index (χ0) is 23.7. The Morgan fingerprint density at radius 3 is 2.36 bits per heavy atom. The Labute approximate surface area is 198 Å². The Kier molecular flexibility index (Phi) is 9.46. The van der Waals surface area contributed by atoms with Crippen molar-refractivity contribution in [2.45, 2.75) is 63.8 Å². The quantitative estimate of drug-likeness (QED) is 0.538. The molecule has 1 saturated heterocycles. The Hall–Kier alpha value is -2.23. The first-order chi connectivity index (χ1) is 15.9. The van der Waals surface area contributed by atoms with Gasteiger partial charge >= 0.3 is 0 Å². The highest BCUT2D eigenvalue weighted by molar-refractivity contribution is 7.89. The molecule has 0 aliphatic carbocycles. The van der Waals surface area contributed by atoms with Crippen molar-refractivity contribution in [3.63, 3.8) is 0 Å². The number of benzene rings is 1. The monoisotopic (exact) mass is 475 g/mol. The highest BCUT2D eigenvalue weighted by Crippen LogP contribution is 2.21. The molecule has 2 heterocycles. The molecule has 3 rings (SSSR count). The second kappa shape index (κ2) is 12.3. The van der Waals surface area contributed by atoms with Crippen molar-refractivity contribution in [1.29, 1.82) is 0 Å². The van der Waals surface area contributed by atoms with Gasteiger partial charge in [-0.05, 0) is 50.0 Å². The van der Waals surface area contributed by atoms with Gasteiger partial charge < -0.3 is 10.2 Å². The van der Waals surface area contributed by atoms with Gasteiger partial charge in [-0.15, -0.1) is 0 Å². The first-order valence-electron chi connectivity index (χ1n) is 12.1. The van der Waals surface area contributed by atoms with Crippen LogP contribution in [0, 0.1) is 0 Å². The predicted molar refractivity (Wildman–Crippen MR) is 131 cm³/mol. The van der Waals surface area contributed by atoms with Crippen LogP contribution in [0.3, 0.4) is 0 Å². The standard InChI is InChI=1S/C24H37N5O3S/c1-3-27(4-2)17-18-28-20-22(19-25-28)26-24(30)14-11-21-9-12-23(13-10-21)33(31,32)29-15-7-5-6-8-16-29/h9-10,12-13,19-20H,3-8,11,14-18H2,1-2H3,(H,26,30). The molecular formula is C24H37N5O3S. The number of likely N-dealkylation sites (N-methyl/N-ethyl adjacent to an activating group) is 1. The van der Waals surface area contributed by atoms with Gasteiger partial charge in [0.15, 0.2) is 0 Å². The van der Waals surface area contributed by atoms with E-state index in [1.807, 2.05) is 23.0 Å². The maximum atomic E-state index is 12.9. The second-order valence-electron chi connectivity index (χ2n) is 8.53. The maximum Gasteiger partial charge on any atom is 0.243 e. The van der Waals surface area contributed by atoms with E-state index in [-0.39, 0.29) is 5.91 Å². The van der Waals surface area contributed by atoms with Crippen molar-refractivity contribution in [2.24, 2.45) is 0 Å². The maximum absolute atomic E-state index is 12.9. The Morgan fingerprint density at radius 2 is 1.73 bits per heavy atom. The molecule has 0 saturated carbocycles. The van der Waals surface area contributed by atoms with Gasteiger partial charge in [-0.2, -0.15) is 9.40 Å². The first-order valence-corrected chi connectivity index (χ1v) is 13.5. The van der Waals surface area contributed by atoms with Gasteiger partial charge in [-0.3, -0.25) is 9.48 Å². The van der Waals surface area contributed by atoms with E-state index in [4.69, 9.17) is 0 Å². The highest BCUT2D eigenvalue weighted by atomic mass is 32.2. The third kappa shape index (κ3) is 7.38. The predicted octanol–water partition coefficient (Wildman–Crippen LogP) is 3.36. The number of sulfonamides is 1. The average Bonchev–Trinajstić information content (AvgIpc) is 3.07. The summed E-state index contributed by atoms with van der Waals surface area (Å²) >= 11 is 0. The molecule has 0 bridgehead atoms. The fourth-order valence-corrected chi connectivity index (χ4v) is 5.59. The summed E-state index contributed by atoms with van der Waals surface area (Å²) in [6.45, 7) is 9.18. The van der Waals surface area contributed by atoms with E-state index in [9.17, 15) is 13.2 Å². The lowest BCUT2D eigenvalue weighted by Crippen LogP contribution is -2.31. The number of nitrogens with zero attached hydrogens (tertiary/aromatic N) is 4. The summed E-state index contributed by atoms with van der Waals surface area (Å²) in [4.78, 5) is 15.0. The van der Waals surface area contributed by atoms with E-state index < -0.39 is 10.0 Å². The summed E-state index contributed by atoms with van der Waals surface area (Å²) in [5, 5.41) is 7.21. The zero-order valence-corrected chi connectivity index (χ0v) is 20.7. The van der Waals surface area contributed by atoms with Crippen LogP contribution < -0.4 is 5.32 Å². The smallest absolute Gasteiger partial charge is 0.243 e. The first kappa shape index (κ1) is 25.4. The van der Waals surface area contributed by atoms with Crippen LogP contribution >= 0.6 is 0 Å². The number of hydrogen-bond donors (Lipinski definition) is 1. The number of carbonyl (C=O) groups excluding carboxylic acids is 1. The lowest BCUT2D eigenvalue weighted by molar-refractivity contribution is -0.116. The van der Waals surface area contributed by atoms with Gasteiger partial charge in [0.1, 0.15) is 0 Å². The zero-order valence-electron chi connectivity index (χ0n) is 19.9. The molecule has 1 aromatic heterocycles. The minimum Gasteiger partial charge on any atom is -0.323 e. The fraction of sp³-hybridized carbons (Fsp3) is 0.583. The van der Waals surface area contributed by atoms with E-state index in [2.05, 4.69) is 29.2 Å². The van der Waals surface area contributed by atoms with Crippen LogP contribution in [0.2, 0.25) is 0 Å². The molecular weight excluding hydrogens is 438 g/mol. The van der Waals surface area contributed by atoms with Gasteiger partial charge in [0, 0.05) is 32.3 Å². The third-order valence-electron chi connectivity index (χ3n) is 6.22. The summed E-state index contributed by atoms with van der Waals surface area (Å²) in [6.07, 6.45) is 8.40. The van der Waals surface area contributed by atoms with Crippen LogP contribution in [0.15, 0.2) is 41.6 Å². The van der Waals surface area contributed by atoms with Crippen molar-refractivity contribution in [2.75, 3.05) is 38.0 Å². The molecule has 1 aromatic carbocycles. The average molecular weight is 476 g/mol. The van der Waals surface area contributed by atoms with Crippen LogP contribution in [0.4, 0.5) is 5.69 Å². The van der Waals surface area contributed by atoms with Gasteiger partial charge in [0.05, 0.1) is 23.3 Å². The van der Waals surface area contributed by atoms with E-state index in [0.717, 1.165) is 57.4 Å². The van der Waals surface area contributed by atoms with Crippen LogP contribution in [-0.2, 0) is 27.8 Å². The second-order valence-corrected chi connectivity index (χ2v) is 10.5. The normalized spacial score (nSPS) is 15.5. The third-order valence-corrected chi connectivity index (χ3v) is 8.14. The lowest BCUT2D eigenvalue weighted by Gasteiger charge is -2.20. The van der Waals surface area contributed by atoms with Gasteiger partial charge in [-0.1, -0.05) is 38.8 Å². The fourth-order valence-electron chi connectivity index (χ4n) is 4.07. The van der Waals surface area contributed by atoms with Crippen LogP contribution in [0.1, 0.15) is 51.5 Å². The number of amides is 1. The largest absolute Gasteiger partial charge is 0.323 e. The molecule has 1 aliphatic heterocycles. The van der Waals surface area contributed by atoms with Gasteiger partial charge in [-0.25, -0.2) is 8.42 Å².